The summed E-state index contributed by atoms with van der Waals surface area (Å²) in [5.41, 5.74) is 0.134. The predicted molar refractivity (Wildman–Crippen MR) is 71.7 cm³/mol. The molecular formula is C15H12F3NO. The van der Waals surface area contributed by atoms with Crippen molar-refractivity contribution in [3.05, 3.63) is 59.7 Å². The van der Waals surface area contributed by atoms with Gasteiger partial charge in [-0.25, -0.2) is 0 Å². The van der Waals surface area contributed by atoms with Crippen LogP contribution in [0.2, 0.25) is 0 Å². The number of halogens is 3. The Kier molecular flexibility index (Phi) is 4.08. The molecule has 2 aromatic rings. The summed E-state index contributed by atoms with van der Waals surface area (Å²) < 4.78 is 43.4. The molecule has 0 saturated carbocycles. The minimum absolute atomic E-state index is 0.223. The van der Waals surface area contributed by atoms with E-state index in [9.17, 15) is 13.2 Å². The Morgan fingerprint density at radius 2 is 1.70 bits per heavy atom. The van der Waals surface area contributed by atoms with Crippen LogP contribution in [-0.4, -0.2) is 13.3 Å². The molecule has 20 heavy (non-hydrogen) atoms. The van der Waals surface area contributed by atoms with E-state index in [1.165, 1.54) is 25.5 Å². The van der Waals surface area contributed by atoms with Crippen molar-refractivity contribution >= 4 is 11.9 Å². The van der Waals surface area contributed by atoms with E-state index < -0.39 is 11.7 Å². The van der Waals surface area contributed by atoms with Crippen molar-refractivity contribution in [2.45, 2.75) is 6.18 Å². The highest BCUT2D eigenvalue weighted by Gasteiger charge is 2.34. The Bertz CT molecular complexity index is 606. The van der Waals surface area contributed by atoms with E-state index in [0.717, 1.165) is 6.07 Å². The average molecular weight is 279 g/mol. The van der Waals surface area contributed by atoms with Gasteiger partial charge in [0.25, 0.3) is 0 Å². The van der Waals surface area contributed by atoms with Crippen molar-refractivity contribution in [2.24, 2.45) is 4.99 Å². The fraction of sp³-hybridized carbons (Fsp3) is 0.133. The molecule has 0 atom stereocenters. The van der Waals surface area contributed by atoms with E-state index in [1.54, 1.807) is 24.3 Å². The quantitative estimate of drug-likeness (QED) is 0.760. The molecule has 0 heterocycles. The molecule has 0 spiro atoms. The lowest BCUT2D eigenvalue weighted by Crippen LogP contribution is -2.08. The summed E-state index contributed by atoms with van der Waals surface area (Å²) in [5.74, 6) is -0.223. The van der Waals surface area contributed by atoms with Crippen molar-refractivity contribution in [1.82, 2.24) is 0 Å². The minimum atomic E-state index is -4.46. The van der Waals surface area contributed by atoms with Crippen molar-refractivity contribution in [2.75, 3.05) is 7.11 Å². The number of methoxy groups -OCH3 is 1. The van der Waals surface area contributed by atoms with Crippen LogP contribution in [0.1, 0.15) is 11.1 Å². The molecule has 0 aliphatic heterocycles. The van der Waals surface area contributed by atoms with Crippen LogP contribution in [0.5, 0.6) is 5.75 Å². The van der Waals surface area contributed by atoms with Gasteiger partial charge < -0.3 is 4.74 Å². The van der Waals surface area contributed by atoms with E-state index in [4.69, 9.17) is 4.74 Å². The summed E-state index contributed by atoms with van der Waals surface area (Å²) in [4.78, 5) is 4.14. The van der Waals surface area contributed by atoms with Gasteiger partial charge in [0.15, 0.2) is 0 Å². The van der Waals surface area contributed by atoms with E-state index in [0.29, 0.717) is 5.69 Å². The first-order valence-electron chi connectivity index (χ1n) is 5.85. The molecule has 2 nitrogen and oxygen atoms in total. The van der Waals surface area contributed by atoms with Crippen molar-refractivity contribution in [1.29, 1.82) is 0 Å². The summed E-state index contributed by atoms with van der Waals surface area (Å²) in [5, 5.41) is 0. The second-order valence-corrected chi connectivity index (χ2v) is 4.02. The number of rotatable bonds is 3. The van der Waals surface area contributed by atoms with Crippen LogP contribution >= 0.6 is 0 Å². The third kappa shape index (κ3) is 3.17. The SMILES string of the molecule is COc1c(C=Nc2ccccc2)cccc1C(F)(F)F. The summed E-state index contributed by atoms with van der Waals surface area (Å²) in [6, 6.07) is 12.8. The zero-order valence-electron chi connectivity index (χ0n) is 10.7. The molecule has 0 aliphatic carbocycles. The number of hydrogen-bond donors (Lipinski definition) is 0. The molecule has 0 radical (unpaired) electrons. The number of aliphatic imine (C=N–C) groups is 1. The molecule has 0 saturated heterocycles. The molecule has 0 N–H and O–H groups in total. The number of hydrogen-bond acceptors (Lipinski definition) is 2. The van der Waals surface area contributed by atoms with Crippen LogP contribution in [0.3, 0.4) is 0 Å². The molecule has 0 aromatic heterocycles. The van der Waals surface area contributed by atoms with Crippen LogP contribution in [0.4, 0.5) is 18.9 Å². The number of ether oxygens (including phenoxy) is 1. The number of alkyl halides is 3. The summed E-state index contributed by atoms with van der Waals surface area (Å²) in [6.07, 6.45) is -3.09. The number of para-hydroxylation sites is 2. The molecule has 2 rings (SSSR count). The van der Waals surface area contributed by atoms with E-state index in [1.807, 2.05) is 6.07 Å². The lowest BCUT2D eigenvalue weighted by molar-refractivity contribution is -0.138. The van der Waals surface area contributed by atoms with Gasteiger partial charge >= 0.3 is 6.18 Å². The third-order valence-corrected chi connectivity index (χ3v) is 2.66. The largest absolute Gasteiger partial charge is 0.495 e. The maximum atomic E-state index is 12.9. The summed E-state index contributed by atoms with van der Waals surface area (Å²) >= 11 is 0. The Balaban J connectivity index is 2.40. The highest BCUT2D eigenvalue weighted by atomic mass is 19.4. The first kappa shape index (κ1) is 14.1. The van der Waals surface area contributed by atoms with Crippen LogP contribution in [0, 0.1) is 0 Å². The Morgan fingerprint density at radius 1 is 1.00 bits per heavy atom. The standard InChI is InChI=1S/C15H12F3NO/c1-20-14-11(6-5-9-13(14)15(16,17)18)10-19-12-7-3-2-4-8-12/h2-10H,1H3. The zero-order valence-corrected chi connectivity index (χ0v) is 10.7. The predicted octanol–water partition coefficient (Wildman–Crippen LogP) is 4.46. The number of nitrogens with zero attached hydrogens (tertiary/aromatic N) is 1. The molecule has 104 valence electrons. The van der Waals surface area contributed by atoms with Crippen LogP contribution in [0.15, 0.2) is 53.5 Å². The molecule has 0 bridgehead atoms. The van der Waals surface area contributed by atoms with Crippen molar-refractivity contribution in [3.8, 4) is 5.75 Å². The first-order valence-corrected chi connectivity index (χ1v) is 5.85. The molecule has 0 aliphatic rings. The zero-order chi connectivity index (χ0) is 14.6. The van der Waals surface area contributed by atoms with Gasteiger partial charge in [0.2, 0.25) is 0 Å². The molecule has 2 aromatic carbocycles. The van der Waals surface area contributed by atoms with Gasteiger partial charge in [-0.05, 0) is 24.3 Å². The highest BCUT2D eigenvalue weighted by molar-refractivity contribution is 5.86. The maximum absolute atomic E-state index is 12.9. The van der Waals surface area contributed by atoms with Gasteiger partial charge in [-0.15, -0.1) is 0 Å². The van der Waals surface area contributed by atoms with Gasteiger partial charge in [-0.3, -0.25) is 4.99 Å². The third-order valence-electron chi connectivity index (χ3n) is 2.66. The van der Waals surface area contributed by atoms with Crippen LogP contribution < -0.4 is 4.74 Å². The fourth-order valence-corrected chi connectivity index (χ4v) is 1.77. The molecule has 0 amide bonds. The molecule has 5 heteroatoms. The Morgan fingerprint density at radius 3 is 2.30 bits per heavy atom. The Hall–Kier alpha value is -2.30. The minimum Gasteiger partial charge on any atom is -0.495 e. The van der Waals surface area contributed by atoms with Gasteiger partial charge in [-0.2, -0.15) is 13.2 Å². The molecule has 0 unspecified atom stereocenters. The second-order valence-electron chi connectivity index (χ2n) is 4.02. The van der Waals surface area contributed by atoms with E-state index in [2.05, 4.69) is 4.99 Å². The average Bonchev–Trinajstić information content (AvgIpc) is 2.44. The van der Waals surface area contributed by atoms with Crippen molar-refractivity contribution < 1.29 is 17.9 Å². The fourth-order valence-electron chi connectivity index (χ4n) is 1.77. The molecular weight excluding hydrogens is 267 g/mol. The summed E-state index contributed by atoms with van der Waals surface area (Å²) in [7, 11) is 1.21. The van der Waals surface area contributed by atoms with Gasteiger partial charge in [0.05, 0.1) is 18.4 Å². The monoisotopic (exact) mass is 279 g/mol. The summed E-state index contributed by atoms with van der Waals surface area (Å²) in [6.45, 7) is 0. The Labute approximate surface area is 114 Å². The van der Waals surface area contributed by atoms with E-state index >= 15 is 0 Å². The van der Waals surface area contributed by atoms with Crippen LogP contribution in [0.25, 0.3) is 0 Å². The maximum Gasteiger partial charge on any atom is 0.419 e. The normalized spacial score (nSPS) is 11.8. The van der Waals surface area contributed by atoms with Crippen molar-refractivity contribution in [3.63, 3.8) is 0 Å². The number of benzene rings is 2. The van der Waals surface area contributed by atoms with Crippen LogP contribution in [-0.2, 0) is 6.18 Å². The lowest BCUT2D eigenvalue weighted by Gasteiger charge is -2.13. The van der Waals surface area contributed by atoms with Gasteiger partial charge in [-0.1, -0.05) is 24.3 Å². The lowest BCUT2D eigenvalue weighted by atomic mass is 10.1. The molecule has 0 fully saturated rings. The van der Waals surface area contributed by atoms with Gasteiger partial charge in [0.1, 0.15) is 5.75 Å². The highest BCUT2D eigenvalue weighted by Crippen LogP contribution is 2.37. The topological polar surface area (TPSA) is 21.6 Å². The first-order chi connectivity index (χ1) is 9.52. The van der Waals surface area contributed by atoms with Gasteiger partial charge in [0, 0.05) is 11.8 Å². The van der Waals surface area contributed by atoms with E-state index in [-0.39, 0.29) is 11.3 Å². The smallest absolute Gasteiger partial charge is 0.419 e. The second kappa shape index (κ2) is 5.77.